The maximum Gasteiger partial charge on any atom is 0.254 e. The average molecular weight is 416 g/mol. The fourth-order valence-corrected chi connectivity index (χ4v) is 2.86. The first kappa shape index (κ1) is 21.2. The second-order valence-electron chi connectivity index (χ2n) is 6.44. The zero-order valence-corrected chi connectivity index (χ0v) is 16.9. The number of halogens is 2. The van der Waals surface area contributed by atoms with Crippen LogP contribution >= 0.6 is 0 Å². The highest BCUT2D eigenvalue weighted by Crippen LogP contribution is 2.28. The van der Waals surface area contributed by atoms with Crippen LogP contribution in [0.5, 0.6) is 5.75 Å². The van der Waals surface area contributed by atoms with Crippen LogP contribution in [0.2, 0.25) is 0 Å². The average Bonchev–Trinajstić information content (AvgIpc) is 3.22. The minimum absolute atomic E-state index is 0.00982. The van der Waals surface area contributed by atoms with Gasteiger partial charge in [0.2, 0.25) is 5.95 Å². The van der Waals surface area contributed by atoms with E-state index >= 15 is 0 Å². The van der Waals surface area contributed by atoms with E-state index in [4.69, 9.17) is 4.74 Å². The molecule has 0 atom stereocenters. The highest BCUT2D eigenvalue weighted by atomic mass is 19.1. The zero-order valence-electron chi connectivity index (χ0n) is 16.9. The van der Waals surface area contributed by atoms with Crippen LogP contribution in [0.15, 0.2) is 31.0 Å². The first-order chi connectivity index (χ1) is 14.5. The minimum atomic E-state index is -0.904. The number of hydrogen-bond donors (Lipinski definition) is 2. The number of carbonyl (C=O) groups is 1. The maximum atomic E-state index is 14.7. The van der Waals surface area contributed by atoms with E-state index in [1.165, 1.54) is 14.2 Å². The molecule has 0 aliphatic heterocycles. The van der Waals surface area contributed by atoms with E-state index in [1.807, 2.05) is 17.7 Å². The van der Waals surface area contributed by atoms with Crippen molar-refractivity contribution in [1.82, 2.24) is 24.8 Å². The molecule has 0 bridgehead atoms. The van der Waals surface area contributed by atoms with Gasteiger partial charge in [-0.1, -0.05) is 0 Å². The third-order valence-corrected chi connectivity index (χ3v) is 4.56. The van der Waals surface area contributed by atoms with Gasteiger partial charge in [0.1, 0.15) is 5.82 Å². The Morgan fingerprint density at radius 3 is 2.50 bits per heavy atom. The monoisotopic (exact) mass is 416 g/mol. The first-order valence-corrected chi connectivity index (χ1v) is 9.33. The van der Waals surface area contributed by atoms with Crippen LogP contribution in [0.4, 0.5) is 20.5 Å². The summed E-state index contributed by atoms with van der Waals surface area (Å²) in [6.45, 7) is 2.80. The van der Waals surface area contributed by atoms with E-state index in [0.29, 0.717) is 17.3 Å². The summed E-state index contributed by atoms with van der Waals surface area (Å²) in [5, 5.41) is 5.32. The van der Waals surface area contributed by atoms with E-state index in [9.17, 15) is 13.6 Å². The number of amides is 1. The number of anilines is 2. The number of methoxy groups -OCH3 is 1. The lowest BCUT2D eigenvalue weighted by atomic mass is 10.0. The predicted octanol–water partition coefficient (Wildman–Crippen LogP) is 2.87. The fourth-order valence-electron chi connectivity index (χ4n) is 2.86. The molecule has 0 fully saturated rings. The quantitative estimate of drug-likeness (QED) is 0.587. The molecule has 0 unspecified atom stereocenters. The highest BCUT2D eigenvalue weighted by molar-refractivity contribution is 5.95. The van der Waals surface area contributed by atoms with Crippen LogP contribution < -0.4 is 15.4 Å². The van der Waals surface area contributed by atoms with E-state index < -0.39 is 17.5 Å². The molecule has 1 aromatic carbocycles. The van der Waals surface area contributed by atoms with Crippen molar-refractivity contribution in [2.24, 2.45) is 0 Å². The van der Waals surface area contributed by atoms with Gasteiger partial charge in [0.05, 0.1) is 19.0 Å². The lowest BCUT2D eigenvalue weighted by molar-refractivity contribution is 0.0958. The Bertz CT molecular complexity index is 1040. The number of nitrogens with one attached hydrogen (secondary N) is 2. The van der Waals surface area contributed by atoms with Crippen molar-refractivity contribution in [3.05, 3.63) is 59.3 Å². The van der Waals surface area contributed by atoms with Crippen LogP contribution in [0.3, 0.4) is 0 Å². The van der Waals surface area contributed by atoms with Gasteiger partial charge in [0, 0.05) is 37.7 Å². The fraction of sp³-hybridized carbons (Fsp3) is 0.300. The summed E-state index contributed by atoms with van der Waals surface area (Å²) >= 11 is 0. The lowest BCUT2D eigenvalue weighted by Gasteiger charge is -2.12. The van der Waals surface area contributed by atoms with Crippen molar-refractivity contribution in [2.45, 2.75) is 26.3 Å². The molecular formula is C20H22F2N6O2. The zero-order chi connectivity index (χ0) is 21.7. The van der Waals surface area contributed by atoms with E-state index in [-0.39, 0.29) is 29.7 Å². The molecule has 0 saturated heterocycles. The number of nitrogens with zero attached hydrogens (tertiary/aromatic N) is 4. The number of ether oxygens (including phenoxy) is 1. The molecule has 0 spiro atoms. The van der Waals surface area contributed by atoms with Gasteiger partial charge in [-0.3, -0.25) is 4.79 Å². The molecule has 1 amide bonds. The normalized spacial score (nSPS) is 10.7. The molecular weight excluding hydrogens is 394 g/mol. The molecule has 0 aliphatic rings. The Hall–Kier alpha value is -3.56. The second-order valence-corrected chi connectivity index (χ2v) is 6.44. The summed E-state index contributed by atoms with van der Waals surface area (Å²) in [6.07, 6.45) is 6.95. The SMILES string of the molecule is CCn1cnc(Nc2ncc(CCc3c(F)c(OC)cc(C(=O)NC)c3F)cn2)c1. The van der Waals surface area contributed by atoms with Crippen LogP contribution in [0.25, 0.3) is 0 Å². The van der Waals surface area contributed by atoms with Gasteiger partial charge in [-0.25, -0.2) is 23.7 Å². The Labute approximate surface area is 172 Å². The number of rotatable bonds is 8. The number of imidazole rings is 1. The van der Waals surface area contributed by atoms with Crippen molar-refractivity contribution in [3.8, 4) is 5.75 Å². The molecule has 30 heavy (non-hydrogen) atoms. The van der Waals surface area contributed by atoms with Crippen molar-refractivity contribution in [2.75, 3.05) is 19.5 Å². The van der Waals surface area contributed by atoms with E-state index in [1.54, 1.807) is 18.7 Å². The van der Waals surface area contributed by atoms with Gasteiger partial charge in [0.25, 0.3) is 5.91 Å². The first-order valence-electron chi connectivity index (χ1n) is 9.33. The van der Waals surface area contributed by atoms with Gasteiger partial charge in [-0.15, -0.1) is 0 Å². The maximum absolute atomic E-state index is 14.7. The van der Waals surface area contributed by atoms with Crippen molar-refractivity contribution < 1.29 is 18.3 Å². The molecule has 2 aromatic heterocycles. The van der Waals surface area contributed by atoms with Gasteiger partial charge >= 0.3 is 0 Å². The molecule has 2 N–H and O–H groups in total. The predicted molar refractivity (Wildman–Crippen MR) is 107 cm³/mol. The molecule has 3 rings (SSSR count). The summed E-state index contributed by atoms with van der Waals surface area (Å²) in [5.74, 6) is -1.59. The molecule has 0 radical (unpaired) electrons. The topological polar surface area (TPSA) is 94.0 Å². The van der Waals surface area contributed by atoms with Crippen LogP contribution in [-0.2, 0) is 19.4 Å². The molecule has 0 aliphatic carbocycles. The Balaban J connectivity index is 1.74. The molecule has 0 saturated carbocycles. The van der Waals surface area contributed by atoms with Crippen LogP contribution in [-0.4, -0.2) is 39.6 Å². The number of hydrogen-bond acceptors (Lipinski definition) is 6. The van der Waals surface area contributed by atoms with Crippen LogP contribution in [0.1, 0.15) is 28.4 Å². The molecule has 10 heteroatoms. The van der Waals surface area contributed by atoms with Crippen molar-refractivity contribution in [3.63, 3.8) is 0 Å². The van der Waals surface area contributed by atoms with Gasteiger partial charge < -0.3 is 19.9 Å². The number of aromatic nitrogens is 4. The Morgan fingerprint density at radius 1 is 1.17 bits per heavy atom. The van der Waals surface area contributed by atoms with Gasteiger partial charge in [0.15, 0.2) is 17.4 Å². The number of carbonyl (C=O) groups excluding carboxylic acids is 1. The third kappa shape index (κ3) is 4.53. The Kier molecular flexibility index (Phi) is 6.55. The van der Waals surface area contributed by atoms with Crippen LogP contribution in [0, 0.1) is 11.6 Å². The second kappa shape index (κ2) is 9.29. The molecule has 3 aromatic rings. The van der Waals surface area contributed by atoms with E-state index in [0.717, 1.165) is 12.6 Å². The molecule has 8 nitrogen and oxygen atoms in total. The summed E-state index contributed by atoms with van der Waals surface area (Å²) in [7, 11) is 2.63. The summed E-state index contributed by atoms with van der Waals surface area (Å²) in [4.78, 5) is 24.5. The standard InChI is InChI=1S/C20H22F2N6O2/c1-4-28-10-16(26-11-28)27-20-24-8-12(9-25-20)5-6-13-17(21)14(19(29)23-2)7-15(30-3)18(13)22/h7-11H,4-6H2,1-3H3,(H,23,29)(H,24,25,27). The van der Waals surface area contributed by atoms with Crippen molar-refractivity contribution in [1.29, 1.82) is 0 Å². The van der Waals surface area contributed by atoms with E-state index in [2.05, 4.69) is 25.6 Å². The largest absolute Gasteiger partial charge is 0.494 e. The van der Waals surface area contributed by atoms with Crippen molar-refractivity contribution >= 4 is 17.7 Å². The molecule has 158 valence electrons. The number of aryl methyl sites for hydroxylation is 2. The van der Waals surface area contributed by atoms with Gasteiger partial charge in [-0.05, 0) is 31.4 Å². The van der Waals surface area contributed by atoms with Gasteiger partial charge in [-0.2, -0.15) is 0 Å². The summed E-state index contributed by atoms with van der Waals surface area (Å²) < 4.78 is 36.1. The smallest absolute Gasteiger partial charge is 0.254 e. The Morgan fingerprint density at radius 2 is 1.90 bits per heavy atom. The summed E-state index contributed by atoms with van der Waals surface area (Å²) in [6, 6.07) is 1.05. The highest BCUT2D eigenvalue weighted by Gasteiger charge is 2.22. The number of benzene rings is 1. The molecule has 2 heterocycles. The minimum Gasteiger partial charge on any atom is -0.494 e. The summed E-state index contributed by atoms with van der Waals surface area (Å²) in [5.41, 5.74) is 0.191. The third-order valence-electron chi connectivity index (χ3n) is 4.56. The lowest BCUT2D eigenvalue weighted by Crippen LogP contribution is -2.21.